The molecule has 2 rings (SSSR count). The standard InChI is InChI=1S/C14H18F2N2O/c1-17-11-5-2-9(3-6-11)14(19)18-13-7-4-10(15)8-12(13)16/h4,7-9,11,17H,2-3,5-6H2,1H3,(H,18,19). The van der Waals surface area contributed by atoms with Gasteiger partial charge in [-0.2, -0.15) is 0 Å². The number of rotatable bonds is 3. The normalized spacial score (nSPS) is 23.1. The third kappa shape index (κ3) is 3.50. The van der Waals surface area contributed by atoms with Crippen LogP contribution in [0, 0.1) is 17.6 Å². The van der Waals surface area contributed by atoms with Crippen LogP contribution in [0.1, 0.15) is 25.7 Å². The van der Waals surface area contributed by atoms with Crippen molar-refractivity contribution in [2.75, 3.05) is 12.4 Å². The Balaban J connectivity index is 1.94. The van der Waals surface area contributed by atoms with Crippen molar-refractivity contribution in [2.45, 2.75) is 31.7 Å². The highest BCUT2D eigenvalue weighted by atomic mass is 19.1. The van der Waals surface area contributed by atoms with Gasteiger partial charge in [-0.05, 0) is 44.9 Å². The monoisotopic (exact) mass is 268 g/mol. The predicted octanol–water partition coefficient (Wildman–Crippen LogP) is 2.68. The van der Waals surface area contributed by atoms with E-state index < -0.39 is 11.6 Å². The van der Waals surface area contributed by atoms with Gasteiger partial charge in [-0.1, -0.05) is 0 Å². The second-order valence-electron chi connectivity index (χ2n) is 4.95. The van der Waals surface area contributed by atoms with Gasteiger partial charge in [-0.3, -0.25) is 4.79 Å². The Hall–Kier alpha value is -1.49. The topological polar surface area (TPSA) is 41.1 Å². The number of halogens is 2. The van der Waals surface area contributed by atoms with E-state index in [9.17, 15) is 13.6 Å². The van der Waals surface area contributed by atoms with Crippen molar-refractivity contribution in [3.8, 4) is 0 Å². The highest BCUT2D eigenvalue weighted by Crippen LogP contribution is 2.26. The fourth-order valence-corrected chi connectivity index (χ4v) is 2.47. The summed E-state index contributed by atoms with van der Waals surface area (Å²) in [5.74, 6) is -1.66. The molecule has 1 aliphatic carbocycles. The SMILES string of the molecule is CNC1CCC(C(=O)Nc2ccc(F)cc2F)CC1. The lowest BCUT2D eigenvalue weighted by molar-refractivity contribution is -0.120. The molecular formula is C14H18F2N2O. The largest absolute Gasteiger partial charge is 0.323 e. The van der Waals surface area contributed by atoms with Gasteiger partial charge in [0.25, 0.3) is 0 Å². The average Bonchev–Trinajstić information content (AvgIpc) is 2.42. The Morgan fingerprint density at radius 1 is 1.21 bits per heavy atom. The zero-order valence-electron chi connectivity index (χ0n) is 10.9. The Bertz CT molecular complexity index is 457. The molecule has 0 heterocycles. The molecule has 1 saturated carbocycles. The van der Waals surface area contributed by atoms with Crippen molar-refractivity contribution >= 4 is 11.6 Å². The molecule has 0 atom stereocenters. The summed E-state index contributed by atoms with van der Waals surface area (Å²) in [4.78, 5) is 12.0. The molecule has 104 valence electrons. The van der Waals surface area contributed by atoms with E-state index in [1.807, 2.05) is 7.05 Å². The Morgan fingerprint density at radius 2 is 1.89 bits per heavy atom. The van der Waals surface area contributed by atoms with E-state index in [1.54, 1.807) is 0 Å². The number of amides is 1. The van der Waals surface area contributed by atoms with Crippen molar-refractivity contribution in [2.24, 2.45) is 5.92 Å². The van der Waals surface area contributed by atoms with E-state index in [4.69, 9.17) is 0 Å². The summed E-state index contributed by atoms with van der Waals surface area (Å²) in [6.07, 6.45) is 3.47. The number of carbonyl (C=O) groups is 1. The van der Waals surface area contributed by atoms with E-state index in [1.165, 1.54) is 6.07 Å². The van der Waals surface area contributed by atoms with Gasteiger partial charge in [-0.25, -0.2) is 8.78 Å². The van der Waals surface area contributed by atoms with Crippen LogP contribution in [0.25, 0.3) is 0 Å². The Labute approximate surface area is 111 Å². The first-order chi connectivity index (χ1) is 9.10. The van der Waals surface area contributed by atoms with Crippen molar-refractivity contribution in [3.63, 3.8) is 0 Å². The highest BCUT2D eigenvalue weighted by Gasteiger charge is 2.25. The number of hydrogen-bond acceptors (Lipinski definition) is 2. The molecule has 1 aromatic rings. The molecule has 5 heteroatoms. The summed E-state index contributed by atoms with van der Waals surface area (Å²) in [5, 5.41) is 5.73. The second-order valence-corrected chi connectivity index (χ2v) is 4.95. The van der Waals surface area contributed by atoms with Crippen LogP contribution < -0.4 is 10.6 Å². The molecule has 0 aliphatic heterocycles. The van der Waals surface area contributed by atoms with Crippen LogP contribution in [0.5, 0.6) is 0 Å². The molecule has 0 spiro atoms. The van der Waals surface area contributed by atoms with Gasteiger partial charge in [0.1, 0.15) is 11.6 Å². The van der Waals surface area contributed by atoms with Crippen LogP contribution in [0.15, 0.2) is 18.2 Å². The van der Waals surface area contributed by atoms with Crippen LogP contribution in [0.3, 0.4) is 0 Å². The van der Waals surface area contributed by atoms with Gasteiger partial charge in [0.2, 0.25) is 5.91 Å². The molecular weight excluding hydrogens is 250 g/mol. The van der Waals surface area contributed by atoms with Gasteiger partial charge in [0.05, 0.1) is 5.69 Å². The summed E-state index contributed by atoms with van der Waals surface area (Å²) in [6, 6.07) is 3.62. The minimum atomic E-state index is -0.739. The van der Waals surface area contributed by atoms with E-state index in [0.29, 0.717) is 6.04 Å². The second kappa shape index (κ2) is 6.10. The average molecular weight is 268 g/mol. The molecule has 1 aromatic carbocycles. The predicted molar refractivity (Wildman–Crippen MR) is 69.8 cm³/mol. The molecule has 2 N–H and O–H groups in total. The first kappa shape index (κ1) is 13.9. The molecule has 1 fully saturated rings. The van der Waals surface area contributed by atoms with Gasteiger partial charge in [-0.15, -0.1) is 0 Å². The molecule has 1 aliphatic rings. The molecule has 0 radical (unpaired) electrons. The summed E-state index contributed by atoms with van der Waals surface area (Å²) in [7, 11) is 1.92. The number of hydrogen-bond donors (Lipinski definition) is 2. The van der Waals surface area contributed by atoms with Crippen molar-refractivity contribution in [1.29, 1.82) is 0 Å². The lowest BCUT2D eigenvalue weighted by Crippen LogP contribution is -2.34. The summed E-state index contributed by atoms with van der Waals surface area (Å²) >= 11 is 0. The van der Waals surface area contributed by atoms with Crippen molar-refractivity contribution in [3.05, 3.63) is 29.8 Å². The zero-order chi connectivity index (χ0) is 13.8. The van der Waals surface area contributed by atoms with E-state index in [2.05, 4.69) is 10.6 Å². The number of anilines is 1. The van der Waals surface area contributed by atoms with Crippen molar-refractivity contribution in [1.82, 2.24) is 5.32 Å². The first-order valence-corrected chi connectivity index (χ1v) is 6.53. The van der Waals surface area contributed by atoms with Crippen LogP contribution in [-0.4, -0.2) is 19.0 Å². The van der Waals surface area contributed by atoms with Gasteiger partial charge in [0, 0.05) is 18.0 Å². The minimum absolute atomic E-state index is 0.0436. The summed E-state index contributed by atoms with van der Waals surface area (Å²) in [6.45, 7) is 0. The number of benzene rings is 1. The maximum absolute atomic E-state index is 13.4. The van der Waals surface area contributed by atoms with E-state index in [-0.39, 0.29) is 17.5 Å². The van der Waals surface area contributed by atoms with Crippen LogP contribution in [0.2, 0.25) is 0 Å². The quantitative estimate of drug-likeness (QED) is 0.885. The minimum Gasteiger partial charge on any atom is -0.323 e. The third-order valence-electron chi connectivity index (χ3n) is 3.70. The van der Waals surface area contributed by atoms with E-state index >= 15 is 0 Å². The van der Waals surface area contributed by atoms with E-state index in [0.717, 1.165) is 37.8 Å². The smallest absolute Gasteiger partial charge is 0.227 e. The molecule has 19 heavy (non-hydrogen) atoms. The number of nitrogens with one attached hydrogen (secondary N) is 2. The van der Waals surface area contributed by atoms with Crippen LogP contribution >= 0.6 is 0 Å². The maximum atomic E-state index is 13.4. The van der Waals surface area contributed by atoms with Crippen molar-refractivity contribution < 1.29 is 13.6 Å². The molecule has 0 aromatic heterocycles. The molecule has 3 nitrogen and oxygen atoms in total. The Morgan fingerprint density at radius 3 is 2.47 bits per heavy atom. The lowest BCUT2D eigenvalue weighted by Gasteiger charge is -2.27. The Kier molecular flexibility index (Phi) is 4.47. The summed E-state index contributed by atoms with van der Waals surface area (Å²) < 4.78 is 26.2. The maximum Gasteiger partial charge on any atom is 0.227 e. The summed E-state index contributed by atoms with van der Waals surface area (Å²) in [5.41, 5.74) is 0.0436. The fraction of sp³-hybridized carbons (Fsp3) is 0.500. The molecule has 0 saturated heterocycles. The fourth-order valence-electron chi connectivity index (χ4n) is 2.47. The molecule has 0 bridgehead atoms. The molecule has 0 unspecified atom stereocenters. The first-order valence-electron chi connectivity index (χ1n) is 6.53. The van der Waals surface area contributed by atoms with Crippen LogP contribution in [0.4, 0.5) is 14.5 Å². The zero-order valence-corrected chi connectivity index (χ0v) is 10.9. The van der Waals surface area contributed by atoms with Gasteiger partial charge >= 0.3 is 0 Å². The highest BCUT2D eigenvalue weighted by molar-refractivity contribution is 5.92. The lowest BCUT2D eigenvalue weighted by atomic mass is 9.85. The third-order valence-corrected chi connectivity index (χ3v) is 3.70. The van der Waals surface area contributed by atoms with Crippen LogP contribution in [-0.2, 0) is 4.79 Å². The number of carbonyl (C=O) groups excluding carboxylic acids is 1. The van der Waals surface area contributed by atoms with Gasteiger partial charge < -0.3 is 10.6 Å². The van der Waals surface area contributed by atoms with Gasteiger partial charge in [0.15, 0.2) is 0 Å². The molecule has 1 amide bonds.